The number of pyridine rings is 1. The Balaban J connectivity index is 1.58. The Morgan fingerprint density at radius 1 is 0.958 bits per heavy atom. The van der Waals surface area contributed by atoms with Gasteiger partial charge in [-0.3, -0.25) is 4.79 Å². The number of carbonyl (C=O) groups excluding carboxylic acids is 1. The molecule has 1 N–H and O–H groups in total. The van der Waals surface area contributed by atoms with Crippen LogP contribution in [0.15, 0.2) is 65.8 Å². The summed E-state index contributed by atoms with van der Waals surface area (Å²) in [6.45, 7) is 0. The quantitative estimate of drug-likeness (QED) is 0.733. The SMILES string of the molecule is O=C(N/N=C1\CCCc2ccccc21)c1ccc2ccccc2n1. The van der Waals surface area contributed by atoms with Crippen LogP contribution in [0, 0.1) is 0 Å². The van der Waals surface area contributed by atoms with Gasteiger partial charge >= 0.3 is 0 Å². The molecule has 0 spiro atoms. The third-order valence-corrected chi connectivity index (χ3v) is 4.31. The molecule has 0 fully saturated rings. The zero-order valence-corrected chi connectivity index (χ0v) is 13.2. The molecule has 4 rings (SSSR count). The fourth-order valence-corrected chi connectivity index (χ4v) is 3.08. The lowest BCUT2D eigenvalue weighted by atomic mass is 9.90. The van der Waals surface area contributed by atoms with Crippen LogP contribution in [0.3, 0.4) is 0 Å². The number of hydrazone groups is 1. The van der Waals surface area contributed by atoms with Gasteiger partial charge in [0.25, 0.3) is 5.91 Å². The molecule has 0 radical (unpaired) electrons. The number of hydrogen-bond donors (Lipinski definition) is 1. The maximum Gasteiger partial charge on any atom is 0.289 e. The number of hydrogen-bond acceptors (Lipinski definition) is 3. The van der Waals surface area contributed by atoms with Crippen LogP contribution in [0.5, 0.6) is 0 Å². The Labute approximate surface area is 140 Å². The van der Waals surface area contributed by atoms with Crippen LogP contribution < -0.4 is 5.43 Å². The summed E-state index contributed by atoms with van der Waals surface area (Å²) in [6.07, 6.45) is 3.00. The van der Waals surface area contributed by atoms with Gasteiger partial charge in [-0.2, -0.15) is 5.10 Å². The van der Waals surface area contributed by atoms with E-state index in [2.05, 4.69) is 27.6 Å². The number of amides is 1. The van der Waals surface area contributed by atoms with Gasteiger partial charge in [0.1, 0.15) is 5.69 Å². The molecular weight excluding hydrogens is 298 g/mol. The lowest BCUT2D eigenvalue weighted by Gasteiger charge is -2.17. The van der Waals surface area contributed by atoms with Crippen molar-refractivity contribution in [2.75, 3.05) is 0 Å². The highest BCUT2D eigenvalue weighted by atomic mass is 16.2. The predicted octanol–water partition coefficient (Wildman–Crippen LogP) is 3.71. The van der Waals surface area contributed by atoms with Gasteiger partial charge < -0.3 is 0 Å². The summed E-state index contributed by atoms with van der Waals surface area (Å²) >= 11 is 0. The standard InChI is InChI=1S/C20H17N3O/c24-20(19-13-12-15-7-2-4-10-17(15)21-19)23-22-18-11-5-8-14-6-1-3-9-16(14)18/h1-4,6-7,9-10,12-13H,5,8,11H2,(H,23,24)/b22-18+. The van der Waals surface area contributed by atoms with Crippen LogP contribution in [-0.4, -0.2) is 16.6 Å². The molecule has 3 aromatic rings. The van der Waals surface area contributed by atoms with Crippen LogP contribution in [0.1, 0.15) is 34.5 Å². The first kappa shape index (κ1) is 14.6. The lowest BCUT2D eigenvalue weighted by molar-refractivity contribution is 0.0950. The van der Waals surface area contributed by atoms with E-state index >= 15 is 0 Å². The molecule has 4 nitrogen and oxygen atoms in total. The fourth-order valence-electron chi connectivity index (χ4n) is 3.08. The second kappa shape index (κ2) is 6.24. The summed E-state index contributed by atoms with van der Waals surface area (Å²) in [5, 5.41) is 5.37. The summed E-state index contributed by atoms with van der Waals surface area (Å²) in [6, 6.07) is 19.6. The van der Waals surface area contributed by atoms with Crippen molar-refractivity contribution in [3.63, 3.8) is 0 Å². The lowest BCUT2D eigenvalue weighted by Crippen LogP contribution is -2.23. The van der Waals surface area contributed by atoms with Crippen molar-refractivity contribution in [2.45, 2.75) is 19.3 Å². The average Bonchev–Trinajstić information content (AvgIpc) is 2.65. The van der Waals surface area contributed by atoms with E-state index < -0.39 is 0 Å². The van der Waals surface area contributed by atoms with E-state index in [4.69, 9.17) is 0 Å². The third-order valence-electron chi connectivity index (χ3n) is 4.31. The minimum absolute atomic E-state index is 0.281. The molecule has 1 amide bonds. The third kappa shape index (κ3) is 2.78. The van der Waals surface area contributed by atoms with E-state index in [1.807, 2.05) is 42.5 Å². The fraction of sp³-hybridized carbons (Fsp3) is 0.150. The first-order valence-electron chi connectivity index (χ1n) is 8.12. The van der Waals surface area contributed by atoms with Crippen LogP contribution in [0.25, 0.3) is 10.9 Å². The molecular formula is C20H17N3O. The van der Waals surface area contributed by atoms with Gasteiger partial charge in [-0.25, -0.2) is 10.4 Å². The number of aromatic nitrogens is 1. The minimum atomic E-state index is -0.281. The summed E-state index contributed by atoms with van der Waals surface area (Å²) < 4.78 is 0. The topological polar surface area (TPSA) is 54.4 Å². The van der Waals surface area contributed by atoms with Gasteiger partial charge in [-0.15, -0.1) is 0 Å². The summed E-state index contributed by atoms with van der Waals surface area (Å²) in [5.41, 5.74) is 7.21. The summed E-state index contributed by atoms with van der Waals surface area (Å²) in [4.78, 5) is 16.8. The molecule has 0 bridgehead atoms. The molecule has 0 aliphatic heterocycles. The van der Waals surface area contributed by atoms with Crippen molar-refractivity contribution in [1.29, 1.82) is 0 Å². The van der Waals surface area contributed by atoms with Crippen molar-refractivity contribution in [3.05, 3.63) is 77.5 Å². The molecule has 2 aromatic carbocycles. The van der Waals surface area contributed by atoms with Crippen molar-refractivity contribution in [2.24, 2.45) is 5.10 Å². The highest BCUT2D eigenvalue weighted by molar-refractivity contribution is 6.04. The second-order valence-corrected chi connectivity index (χ2v) is 5.90. The zero-order chi connectivity index (χ0) is 16.4. The summed E-state index contributed by atoms with van der Waals surface area (Å²) in [7, 11) is 0. The summed E-state index contributed by atoms with van der Waals surface area (Å²) in [5.74, 6) is -0.281. The Hall–Kier alpha value is -3.01. The van der Waals surface area contributed by atoms with Crippen molar-refractivity contribution < 1.29 is 4.79 Å². The minimum Gasteiger partial charge on any atom is -0.266 e. The monoisotopic (exact) mass is 315 g/mol. The van der Waals surface area contributed by atoms with E-state index in [9.17, 15) is 4.79 Å². The zero-order valence-electron chi connectivity index (χ0n) is 13.2. The molecule has 1 aromatic heterocycles. The van der Waals surface area contributed by atoms with E-state index in [1.54, 1.807) is 6.07 Å². The van der Waals surface area contributed by atoms with Gasteiger partial charge in [0.2, 0.25) is 0 Å². The van der Waals surface area contributed by atoms with E-state index in [0.717, 1.165) is 41.4 Å². The van der Waals surface area contributed by atoms with Crippen LogP contribution in [-0.2, 0) is 6.42 Å². The maximum absolute atomic E-state index is 12.4. The number of para-hydroxylation sites is 1. The second-order valence-electron chi connectivity index (χ2n) is 5.90. The number of carbonyl (C=O) groups is 1. The van der Waals surface area contributed by atoms with Crippen molar-refractivity contribution in [1.82, 2.24) is 10.4 Å². The smallest absolute Gasteiger partial charge is 0.266 e. The highest BCUT2D eigenvalue weighted by Gasteiger charge is 2.15. The van der Waals surface area contributed by atoms with E-state index in [-0.39, 0.29) is 5.91 Å². The van der Waals surface area contributed by atoms with E-state index in [1.165, 1.54) is 5.56 Å². The molecule has 118 valence electrons. The normalized spacial score (nSPS) is 15.2. The molecule has 1 aliphatic rings. The molecule has 1 aliphatic carbocycles. The average molecular weight is 315 g/mol. The van der Waals surface area contributed by atoms with Gasteiger partial charge in [-0.05, 0) is 37.0 Å². The Morgan fingerprint density at radius 2 is 1.79 bits per heavy atom. The first-order chi connectivity index (χ1) is 11.8. The van der Waals surface area contributed by atoms with Crippen molar-refractivity contribution >= 4 is 22.5 Å². The number of aryl methyl sites for hydroxylation is 1. The first-order valence-corrected chi connectivity index (χ1v) is 8.12. The maximum atomic E-state index is 12.4. The number of benzene rings is 2. The number of rotatable bonds is 2. The van der Waals surface area contributed by atoms with Crippen LogP contribution >= 0.6 is 0 Å². The molecule has 0 saturated carbocycles. The Kier molecular flexibility index (Phi) is 3.79. The molecule has 0 unspecified atom stereocenters. The van der Waals surface area contributed by atoms with Crippen LogP contribution in [0.4, 0.5) is 0 Å². The molecule has 0 atom stereocenters. The largest absolute Gasteiger partial charge is 0.289 e. The highest BCUT2D eigenvalue weighted by Crippen LogP contribution is 2.21. The van der Waals surface area contributed by atoms with E-state index in [0.29, 0.717) is 5.69 Å². The van der Waals surface area contributed by atoms with Gasteiger partial charge in [-0.1, -0.05) is 48.5 Å². The predicted molar refractivity (Wildman–Crippen MR) is 95.1 cm³/mol. The van der Waals surface area contributed by atoms with Gasteiger partial charge in [0.05, 0.1) is 11.2 Å². The Morgan fingerprint density at radius 3 is 2.75 bits per heavy atom. The molecule has 4 heteroatoms. The number of nitrogens with zero attached hydrogens (tertiary/aromatic N) is 2. The number of fused-ring (bicyclic) bond motifs is 2. The number of nitrogens with one attached hydrogen (secondary N) is 1. The Bertz CT molecular complexity index is 946. The molecule has 24 heavy (non-hydrogen) atoms. The molecule has 0 saturated heterocycles. The van der Waals surface area contributed by atoms with Gasteiger partial charge in [0, 0.05) is 10.9 Å². The molecule has 1 heterocycles. The van der Waals surface area contributed by atoms with Crippen LogP contribution in [0.2, 0.25) is 0 Å². The van der Waals surface area contributed by atoms with Gasteiger partial charge in [0.15, 0.2) is 0 Å². The van der Waals surface area contributed by atoms with Crippen molar-refractivity contribution in [3.8, 4) is 0 Å².